The summed E-state index contributed by atoms with van der Waals surface area (Å²) in [6.07, 6.45) is 1.69. The molecular formula is C18H14ClN3OS. The van der Waals surface area contributed by atoms with E-state index in [1.165, 1.54) is 0 Å². The molecule has 0 amide bonds. The average molecular weight is 356 g/mol. The van der Waals surface area contributed by atoms with Gasteiger partial charge in [0.05, 0.1) is 16.7 Å². The first kappa shape index (κ1) is 15.3. The molecule has 0 aliphatic heterocycles. The number of nitrogens with zero attached hydrogens (tertiary/aromatic N) is 3. The average Bonchev–Trinajstić information content (AvgIpc) is 3.19. The van der Waals surface area contributed by atoms with E-state index in [9.17, 15) is 0 Å². The van der Waals surface area contributed by atoms with Crippen LogP contribution in [-0.4, -0.2) is 14.5 Å². The summed E-state index contributed by atoms with van der Waals surface area (Å²) in [4.78, 5) is 9.19. The van der Waals surface area contributed by atoms with Crippen LogP contribution in [0.25, 0.3) is 22.5 Å². The van der Waals surface area contributed by atoms with E-state index in [1.54, 1.807) is 18.0 Å². The predicted molar refractivity (Wildman–Crippen MR) is 97.2 cm³/mol. The fraction of sp³-hybridized carbons (Fsp3) is 0.111. The normalized spacial score (nSPS) is 11.2. The van der Waals surface area contributed by atoms with Crippen LogP contribution in [0.15, 0.2) is 64.4 Å². The number of hydrogen-bond acceptors (Lipinski definition) is 4. The van der Waals surface area contributed by atoms with E-state index < -0.39 is 0 Å². The topological polar surface area (TPSA) is 43.9 Å². The van der Waals surface area contributed by atoms with Gasteiger partial charge in [-0.25, -0.2) is 9.97 Å². The Morgan fingerprint density at radius 3 is 2.83 bits per heavy atom. The van der Waals surface area contributed by atoms with E-state index in [-0.39, 0.29) is 0 Å². The van der Waals surface area contributed by atoms with E-state index >= 15 is 0 Å². The second-order valence-electron chi connectivity index (χ2n) is 5.39. The third-order valence-electron chi connectivity index (χ3n) is 3.72. The van der Waals surface area contributed by atoms with Gasteiger partial charge in [-0.05, 0) is 30.3 Å². The van der Waals surface area contributed by atoms with E-state index in [0.717, 1.165) is 27.4 Å². The van der Waals surface area contributed by atoms with Crippen LogP contribution in [0.2, 0.25) is 5.02 Å². The van der Waals surface area contributed by atoms with E-state index in [0.29, 0.717) is 16.7 Å². The van der Waals surface area contributed by atoms with Crippen molar-refractivity contribution in [3.05, 3.63) is 65.5 Å². The van der Waals surface area contributed by atoms with Crippen molar-refractivity contribution in [3.8, 4) is 11.5 Å². The van der Waals surface area contributed by atoms with E-state index in [1.807, 2.05) is 49.5 Å². The minimum atomic E-state index is 0.582. The molecule has 0 aliphatic rings. The van der Waals surface area contributed by atoms with Gasteiger partial charge in [0, 0.05) is 23.4 Å². The lowest BCUT2D eigenvalue weighted by molar-refractivity contribution is 0.573. The number of hydrogen-bond donors (Lipinski definition) is 0. The summed E-state index contributed by atoms with van der Waals surface area (Å²) in [5.41, 5.74) is 3.88. The van der Waals surface area contributed by atoms with Gasteiger partial charge in [-0.3, -0.25) is 0 Å². The van der Waals surface area contributed by atoms with Crippen molar-refractivity contribution in [2.24, 2.45) is 7.05 Å². The highest BCUT2D eigenvalue weighted by Crippen LogP contribution is 2.27. The van der Waals surface area contributed by atoms with Crippen molar-refractivity contribution in [1.82, 2.24) is 14.5 Å². The summed E-state index contributed by atoms with van der Waals surface area (Å²) in [7, 11) is 2.03. The molecule has 0 radical (unpaired) electrons. The molecular weight excluding hydrogens is 342 g/mol. The first-order chi connectivity index (χ1) is 11.7. The molecule has 0 saturated heterocycles. The highest BCUT2D eigenvalue weighted by Gasteiger charge is 2.11. The number of rotatable bonds is 4. The standard InChI is InChI=1S/C18H14ClN3OS/c1-22-16-8-3-2-7-15(16)21-18(22)24-11-14-10-23-17(20-14)12-5-4-6-13(19)9-12/h2-10H,11H2,1H3. The Bertz CT molecular complexity index is 1010. The van der Waals surface area contributed by atoms with Crippen LogP contribution >= 0.6 is 23.4 Å². The van der Waals surface area contributed by atoms with Gasteiger partial charge in [-0.1, -0.05) is 41.6 Å². The van der Waals surface area contributed by atoms with Gasteiger partial charge in [-0.15, -0.1) is 0 Å². The van der Waals surface area contributed by atoms with Gasteiger partial charge in [0.1, 0.15) is 6.26 Å². The molecule has 0 saturated carbocycles. The fourth-order valence-corrected chi connectivity index (χ4v) is 3.57. The molecule has 2 heterocycles. The first-order valence-electron chi connectivity index (χ1n) is 7.45. The third kappa shape index (κ3) is 2.92. The Balaban J connectivity index is 1.53. The smallest absolute Gasteiger partial charge is 0.226 e. The van der Waals surface area contributed by atoms with Crippen molar-refractivity contribution in [3.63, 3.8) is 0 Å². The predicted octanol–water partition coefficient (Wildman–Crippen LogP) is 5.17. The Morgan fingerprint density at radius 2 is 2.00 bits per heavy atom. The quantitative estimate of drug-likeness (QED) is 0.473. The molecule has 24 heavy (non-hydrogen) atoms. The van der Waals surface area contributed by atoms with Crippen LogP contribution in [0.5, 0.6) is 0 Å². The zero-order chi connectivity index (χ0) is 16.5. The van der Waals surface area contributed by atoms with Crippen LogP contribution in [0.1, 0.15) is 5.69 Å². The SMILES string of the molecule is Cn1c(SCc2coc(-c3cccc(Cl)c3)n2)nc2ccccc21. The molecule has 0 N–H and O–H groups in total. The summed E-state index contributed by atoms with van der Waals surface area (Å²) < 4.78 is 7.67. The second-order valence-corrected chi connectivity index (χ2v) is 6.76. The van der Waals surface area contributed by atoms with Crippen molar-refractivity contribution < 1.29 is 4.42 Å². The molecule has 0 spiro atoms. The molecule has 0 unspecified atom stereocenters. The number of halogens is 1. The largest absolute Gasteiger partial charge is 0.444 e. The number of aryl methyl sites for hydroxylation is 1. The first-order valence-corrected chi connectivity index (χ1v) is 8.81. The van der Waals surface area contributed by atoms with Crippen LogP contribution in [-0.2, 0) is 12.8 Å². The number of benzene rings is 2. The molecule has 6 heteroatoms. The molecule has 2 aromatic carbocycles. The zero-order valence-corrected chi connectivity index (χ0v) is 14.5. The van der Waals surface area contributed by atoms with Crippen LogP contribution in [0, 0.1) is 0 Å². The highest BCUT2D eigenvalue weighted by molar-refractivity contribution is 7.98. The molecule has 0 atom stereocenters. The summed E-state index contributed by atoms with van der Waals surface area (Å²) in [6.45, 7) is 0. The Hall–Kier alpha value is -2.24. The molecule has 0 aliphatic carbocycles. The van der Waals surface area contributed by atoms with Crippen molar-refractivity contribution >= 4 is 34.4 Å². The molecule has 4 rings (SSSR count). The number of aromatic nitrogens is 3. The Labute approximate surface area is 148 Å². The Kier molecular flexibility index (Phi) is 4.04. The van der Waals surface area contributed by atoms with E-state index in [4.69, 9.17) is 16.0 Å². The van der Waals surface area contributed by atoms with Crippen LogP contribution in [0.3, 0.4) is 0 Å². The molecule has 120 valence electrons. The van der Waals surface area contributed by atoms with Gasteiger partial charge in [-0.2, -0.15) is 0 Å². The minimum Gasteiger partial charge on any atom is -0.444 e. The monoisotopic (exact) mass is 355 g/mol. The number of oxazole rings is 1. The molecule has 0 bridgehead atoms. The lowest BCUT2D eigenvalue weighted by Gasteiger charge is -2.00. The van der Waals surface area contributed by atoms with Gasteiger partial charge in [0.15, 0.2) is 5.16 Å². The third-order valence-corrected chi connectivity index (χ3v) is 5.02. The number of para-hydroxylation sites is 2. The van der Waals surface area contributed by atoms with Crippen molar-refractivity contribution in [2.75, 3.05) is 0 Å². The minimum absolute atomic E-state index is 0.582. The van der Waals surface area contributed by atoms with Crippen LogP contribution in [0.4, 0.5) is 0 Å². The van der Waals surface area contributed by atoms with Crippen LogP contribution < -0.4 is 0 Å². The summed E-state index contributed by atoms with van der Waals surface area (Å²) >= 11 is 7.66. The lowest BCUT2D eigenvalue weighted by Crippen LogP contribution is -1.91. The van der Waals surface area contributed by atoms with Crippen molar-refractivity contribution in [1.29, 1.82) is 0 Å². The summed E-state index contributed by atoms with van der Waals surface area (Å²) in [5.74, 6) is 1.28. The number of imidazole rings is 1. The van der Waals surface area contributed by atoms with Gasteiger partial charge >= 0.3 is 0 Å². The number of thioether (sulfide) groups is 1. The zero-order valence-electron chi connectivity index (χ0n) is 12.9. The molecule has 0 fully saturated rings. The van der Waals surface area contributed by atoms with Gasteiger partial charge < -0.3 is 8.98 Å². The highest BCUT2D eigenvalue weighted by atomic mass is 35.5. The fourth-order valence-electron chi connectivity index (χ4n) is 2.52. The maximum atomic E-state index is 6.01. The van der Waals surface area contributed by atoms with Gasteiger partial charge in [0.2, 0.25) is 5.89 Å². The molecule has 2 aromatic heterocycles. The van der Waals surface area contributed by atoms with E-state index in [2.05, 4.69) is 20.6 Å². The second kappa shape index (κ2) is 6.34. The number of fused-ring (bicyclic) bond motifs is 1. The molecule has 4 nitrogen and oxygen atoms in total. The maximum Gasteiger partial charge on any atom is 0.226 e. The molecule has 4 aromatic rings. The lowest BCUT2D eigenvalue weighted by atomic mass is 10.2. The summed E-state index contributed by atoms with van der Waals surface area (Å²) in [6, 6.07) is 15.6. The maximum absolute atomic E-state index is 6.01. The van der Waals surface area contributed by atoms with Gasteiger partial charge in [0.25, 0.3) is 0 Å². The summed E-state index contributed by atoms with van der Waals surface area (Å²) in [5, 5.41) is 1.63. The van der Waals surface area contributed by atoms with Crippen molar-refractivity contribution in [2.45, 2.75) is 10.9 Å². The Morgan fingerprint density at radius 1 is 1.12 bits per heavy atom.